The fourth-order valence-corrected chi connectivity index (χ4v) is 3.21. The minimum absolute atomic E-state index is 0.115. The van der Waals surface area contributed by atoms with Gasteiger partial charge in [0.2, 0.25) is 0 Å². The maximum absolute atomic E-state index is 13.3. The van der Waals surface area contributed by atoms with Crippen LogP contribution in [0.1, 0.15) is 23.2 Å². The van der Waals surface area contributed by atoms with Crippen molar-refractivity contribution in [2.24, 2.45) is 0 Å². The predicted molar refractivity (Wildman–Crippen MR) is 99.9 cm³/mol. The van der Waals surface area contributed by atoms with E-state index in [-0.39, 0.29) is 11.7 Å². The molecule has 0 aromatic heterocycles. The second-order valence-corrected chi connectivity index (χ2v) is 6.65. The van der Waals surface area contributed by atoms with Gasteiger partial charge in [-0.1, -0.05) is 6.07 Å². The van der Waals surface area contributed by atoms with Crippen molar-refractivity contribution in [2.75, 3.05) is 39.3 Å². The predicted octanol–water partition coefficient (Wildman–Crippen LogP) is 3.58. The van der Waals surface area contributed by atoms with E-state index < -0.39 is 5.82 Å². The number of ether oxygens (including phenoxy) is 1. The Balaban J connectivity index is 1.41. The minimum atomic E-state index is -0.390. The van der Waals surface area contributed by atoms with Crippen LogP contribution in [0.2, 0.25) is 0 Å². The van der Waals surface area contributed by atoms with Gasteiger partial charge in [-0.05, 0) is 61.9 Å². The zero-order valence-corrected chi connectivity index (χ0v) is 15.2. The number of benzene rings is 2. The van der Waals surface area contributed by atoms with Gasteiger partial charge in [-0.2, -0.15) is 0 Å². The van der Waals surface area contributed by atoms with Crippen molar-refractivity contribution in [3.63, 3.8) is 0 Å². The van der Waals surface area contributed by atoms with Gasteiger partial charge in [0.05, 0.1) is 6.61 Å². The van der Waals surface area contributed by atoms with Gasteiger partial charge in [0.25, 0.3) is 5.91 Å². The molecule has 0 unspecified atom stereocenters. The lowest BCUT2D eigenvalue weighted by Gasteiger charge is -2.22. The summed E-state index contributed by atoms with van der Waals surface area (Å²) in [7, 11) is 0. The standard InChI is InChI=1S/C21H24F2N2O2/c22-18-6-8-20(9-7-18)27-15-3-11-24-10-2-12-25(14-13-24)21(26)17-4-1-5-19(23)16-17/h1,4-9,16H,2-3,10-15H2. The molecule has 1 aliphatic rings. The summed E-state index contributed by atoms with van der Waals surface area (Å²) >= 11 is 0. The lowest BCUT2D eigenvalue weighted by atomic mass is 10.2. The average molecular weight is 374 g/mol. The van der Waals surface area contributed by atoms with Gasteiger partial charge in [0, 0.05) is 31.7 Å². The number of amides is 1. The molecule has 4 nitrogen and oxygen atoms in total. The highest BCUT2D eigenvalue weighted by molar-refractivity contribution is 5.94. The van der Waals surface area contributed by atoms with Gasteiger partial charge in [-0.15, -0.1) is 0 Å². The van der Waals surface area contributed by atoms with Gasteiger partial charge in [0.15, 0.2) is 0 Å². The molecule has 144 valence electrons. The van der Waals surface area contributed by atoms with E-state index >= 15 is 0 Å². The normalized spacial score (nSPS) is 15.4. The highest BCUT2D eigenvalue weighted by atomic mass is 19.1. The summed E-state index contributed by atoms with van der Waals surface area (Å²) < 4.78 is 31.8. The molecule has 1 saturated heterocycles. The largest absolute Gasteiger partial charge is 0.494 e. The van der Waals surface area contributed by atoms with Crippen LogP contribution >= 0.6 is 0 Å². The Kier molecular flexibility index (Phi) is 6.76. The maximum Gasteiger partial charge on any atom is 0.254 e. The monoisotopic (exact) mass is 374 g/mol. The van der Waals surface area contributed by atoms with Crippen LogP contribution in [-0.4, -0.2) is 55.0 Å². The number of carbonyl (C=O) groups is 1. The Morgan fingerprint density at radius 2 is 1.78 bits per heavy atom. The van der Waals surface area contributed by atoms with Crippen molar-refractivity contribution in [1.82, 2.24) is 9.80 Å². The lowest BCUT2D eigenvalue weighted by molar-refractivity contribution is 0.0760. The summed E-state index contributed by atoms with van der Waals surface area (Å²) in [4.78, 5) is 16.7. The maximum atomic E-state index is 13.3. The van der Waals surface area contributed by atoms with Crippen LogP contribution < -0.4 is 4.74 Å². The van der Waals surface area contributed by atoms with Crippen LogP contribution in [0.15, 0.2) is 48.5 Å². The fourth-order valence-electron chi connectivity index (χ4n) is 3.21. The van der Waals surface area contributed by atoms with E-state index in [0.29, 0.717) is 31.0 Å². The quantitative estimate of drug-likeness (QED) is 0.725. The molecule has 0 spiro atoms. The number of carbonyl (C=O) groups excluding carboxylic acids is 1. The fraction of sp³-hybridized carbons (Fsp3) is 0.381. The Hall–Kier alpha value is -2.47. The van der Waals surface area contributed by atoms with E-state index in [4.69, 9.17) is 4.74 Å². The van der Waals surface area contributed by atoms with Gasteiger partial charge >= 0.3 is 0 Å². The molecular weight excluding hydrogens is 350 g/mol. The van der Waals surface area contributed by atoms with Gasteiger partial charge in [0.1, 0.15) is 17.4 Å². The Morgan fingerprint density at radius 3 is 2.56 bits per heavy atom. The summed E-state index contributed by atoms with van der Waals surface area (Å²) in [6.45, 7) is 4.46. The zero-order valence-electron chi connectivity index (χ0n) is 15.2. The Bertz CT molecular complexity index is 752. The second kappa shape index (κ2) is 9.46. The van der Waals surface area contributed by atoms with Crippen LogP contribution in [-0.2, 0) is 0 Å². The van der Waals surface area contributed by atoms with Crippen molar-refractivity contribution in [3.05, 3.63) is 65.7 Å². The van der Waals surface area contributed by atoms with E-state index in [1.54, 1.807) is 29.2 Å². The summed E-state index contributed by atoms with van der Waals surface area (Å²) in [6, 6.07) is 11.9. The molecular formula is C21H24F2N2O2. The van der Waals surface area contributed by atoms with E-state index in [1.807, 2.05) is 0 Å². The summed E-state index contributed by atoms with van der Waals surface area (Å²) in [5.41, 5.74) is 0.399. The first-order chi connectivity index (χ1) is 13.1. The van der Waals surface area contributed by atoms with E-state index in [0.717, 1.165) is 32.5 Å². The van der Waals surface area contributed by atoms with Crippen LogP contribution in [0.25, 0.3) is 0 Å². The van der Waals surface area contributed by atoms with E-state index in [1.165, 1.54) is 24.3 Å². The summed E-state index contributed by atoms with van der Waals surface area (Å²) in [5, 5.41) is 0. The molecule has 0 N–H and O–H groups in total. The molecule has 0 radical (unpaired) electrons. The highest BCUT2D eigenvalue weighted by Crippen LogP contribution is 2.13. The van der Waals surface area contributed by atoms with Gasteiger partial charge in [-0.3, -0.25) is 4.79 Å². The van der Waals surface area contributed by atoms with Crippen molar-refractivity contribution < 1.29 is 18.3 Å². The lowest BCUT2D eigenvalue weighted by Crippen LogP contribution is -2.35. The molecule has 3 rings (SSSR count). The van der Waals surface area contributed by atoms with Crippen molar-refractivity contribution in [2.45, 2.75) is 12.8 Å². The molecule has 2 aromatic carbocycles. The van der Waals surface area contributed by atoms with Gasteiger partial charge in [-0.25, -0.2) is 8.78 Å². The number of hydrogen-bond donors (Lipinski definition) is 0. The van der Waals surface area contributed by atoms with E-state index in [2.05, 4.69) is 4.90 Å². The molecule has 1 amide bonds. The van der Waals surface area contributed by atoms with Crippen LogP contribution in [0.3, 0.4) is 0 Å². The third-order valence-corrected chi connectivity index (χ3v) is 4.65. The first kappa shape index (κ1) is 19.3. The third kappa shape index (κ3) is 5.76. The minimum Gasteiger partial charge on any atom is -0.494 e. The second-order valence-electron chi connectivity index (χ2n) is 6.65. The van der Waals surface area contributed by atoms with Crippen molar-refractivity contribution in [1.29, 1.82) is 0 Å². The Morgan fingerprint density at radius 1 is 0.963 bits per heavy atom. The molecule has 0 saturated carbocycles. The molecule has 1 heterocycles. The number of rotatable bonds is 6. The van der Waals surface area contributed by atoms with E-state index in [9.17, 15) is 13.6 Å². The third-order valence-electron chi connectivity index (χ3n) is 4.65. The van der Waals surface area contributed by atoms with Crippen LogP contribution in [0.5, 0.6) is 5.75 Å². The first-order valence-electron chi connectivity index (χ1n) is 9.27. The molecule has 27 heavy (non-hydrogen) atoms. The number of nitrogens with zero attached hydrogens (tertiary/aromatic N) is 2. The highest BCUT2D eigenvalue weighted by Gasteiger charge is 2.20. The molecule has 6 heteroatoms. The number of hydrogen-bond acceptors (Lipinski definition) is 3. The molecule has 1 fully saturated rings. The summed E-state index contributed by atoms with van der Waals surface area (Å²) in [6.07, 6.45) is 1.75. The topological polar surface area (TPSA) is 32.8 Å². The molecule has 1 aliphatic heterocycles. The van der Waals surface area contributed by atoms with Crippen molar-refractivity contribution >= 4 is 5.91 Å². The Labute approximate surface area is 158 Å². The van der Waals surface area contributed by atoms with Gasteiger partial charge < -0.3 is 14.5 Å². The average Bonchev–Trinajstić information content (AvgIpc) is 2.92. The number of halogens is 2. The molecule has 2 aromatic rings. The van der Waals surface area contributed by atoms with Crippen molar-refractivity contribution in [3.8, 4) is 5.75 Å². The molecule has 0 atom stereocenters. The van der Waals surface area contributed by atoms with Crippen LogP contribution in [0, 0.1) is 11.6 Å². The SMILES string of the molecule is O=C(c1cccc(F)c1)N1CCCN(CCCOc2ccc(F)cc2)CC1. The summed E-state index contributed by atoms with van der Waals surface area (Å²) in [5.74, 6) is -0.113. The van der Waals surface area contributed by atoms with Crippen LogP contribution in [0.4, 0.5) is 8.78 Å². The first-order valence-corrected chi connectivity index (χ1v) is 9.27. The smallest absolute Gasteiger partial charge is 0.254 e. The molecule has 0 aliphatic carbocycles. The molecule has 0 bridgehead atoms. The zero-order chi connectivity index (χ0) is 19.1.